The van der Waals surface area contributed by atoms with Crippen LogP contribution in [0.15, 0.2) is 12.1 Å². The van der Waals surface area contributed by atoms with Crippen molar-refractivity contribution in [1.82, 2.24) is 4.90 Å². The third-order valence-corrected chi connectivity index (χ3v) is 2.46. The minimum absolute atomic E-state index is 0.812. The van der Waals surface area contributed by atoms with E-state index < -0.39 is 0 Å². The maximum Gasteiger partial charge on any atom is 0.0600 e. The van der Waals surface area contributed by atoms with Crippen LogP contribution in [0.1, 0.15) is 22.3 Å². The number of hydrogen-bond donors (Lipinski definition) is 0. The second kappa shape index (κ2) is 5.00. The molecule has 1 aromatic carbocycles. The van der Waals surface area contributed by atoms with Gasteiger partial charge in [0, 0.05) is 5.56 Å². The largest absolute Gasteiger partial charge is 0.299 e. The lowest BCUT2D eigenvalue weighted by Gasteiger charge is -2.05. The standard InChI is InChI=1S/C14H19N/c1-11-9-13(3)14(10-12(11)2)7-6-8-15(4)5/h9-10H,8H2,1-5H3. The maximum atomic E-state index is 3.22. The van der Waals surface area contributed by atoms with Gasteiger partial charge in [0.05, 0.1) is 6.54 Å². The molecule has 1 heteroatoms. The highest BCUT2D eigenvalue weighted by Gasteiger charge is 1.98. The minimum atomic E-state index is 0.812. The van der Waals surface area contributed by atoms with E-state index in [-0.39, 0.29) is 0 Å². The van der Waals surface area contributed by atoms with Crippen LogP contribution in [-0.2, 0) is 0 Å². The van der Waals surface area contributed by atoms with Crippen molar-refractivity contribution < 1.29 is 0 Å². The Balaban J connectivity index is 2.94. The number of nitrogens with zero attached hydrogens (tertiary/aromatic N) is 1. The van der Waals surface area contributed by atoms with Crippen LogP contribution in [0.5, 0.6) is 0 Å². The van der Waals surface area contributed by atoms with Gasteiger partial charge in [-0.15, -0.1) is 0 Å². The van der Waals surface area contributed by atoms with Crippen LogP contribution in [0.4, 0.5) is 0 Å². The SMILES string of the molecule is Cc1cc(C)c(C#CCN(C)C)cc1C. The van der Waals surface area contributed by atoms with Gasteiger partial charge in [0.25, 0.3) is 0 Å². The minimum Gasteiger partial charge on any atom is -0.299 e. The molecule has 0 heterocycles. The predicted molar refractivity (Wildman–Crippen MR) is 66.1 cm³/mol. The van der Waals surface area contributed by atoms with E-state index in [1.165, 1.54) is 16.7 Å². The Bertz CT molecular complexity index is 405. The zero-order valence-electron chi connectivity index (χ0n) is 10.3. The van der Waals surface area contributed by atoms with Crippen molar-refractivity contribution >= 4 is 0 Å². The molecule has 80 valence electrons. The lowest BCUT2D eigenvalue weighted by molar-refractivity contribution is 0.464. The molecule has 0 bridgehead atoms. The second-order valence-electron chi connectivity index (χ2n) is 4.29. The first kappa shape index (κ1) is 11.8. The average Bonchev–Trinajstić information content (AvgIpc) is 2.13. The van der Waals surface area contributed by atoms with Gasteiger partial charge in [0.2, 0.25) is 0 Å². The van der Waals surface area contributed by atoms with Crippen LogP contribution in [0.25, 0.3) is 0 Å². The normalized spacial score (nSPS) is 10.0. The van der Waals surface area contributed by atoms with Crippen molar-refractivity contribution in [3.63, 3.8) is 0 Å². The van der Waals surface area contributed by atoms with E-state index >= 15 is 0 Å². The number of hydrogen-bond acceptors (Lipinski definition) is 1. The highest BCUT2D eigenvalue weighted by Crippen LogP contribution is 2.13. The lowest BCUT2D eigenvalue weighted by Crippen LogP contribution is -2.10. The first-order valence-corrected chi connectivity index (χ1v) is 5.22. The summed E-state index contributed by atoms with van der Waals surface area (Å²) in [5, 5.41) is 0. The topological polar surface area (TPSA) is 3.24 Å². The Morgan fingerprint density at radius 1 is 1.00 bits per heavy atom. The molecule has 0 amide bonds. The highest BCUT2D eigenvalue weighted by molar-refractivity contribution is 5.46. The maximum absolute atomic E-state index is 3.22. The molecule has 0 N–H and O–H groups in total. The molecule has 0 saturated heterocycles. The number of aryl methyl sites for hydroxylation is 3. The smallest absolute Gasteiger partial charge is 0.0600 e. The highest BCUT2D eigenvalue weighted by atomic mass is 15.0. The van der Waals surface area contributed by atoms with Crippen LogP contribution in [0.2, 0.25) is 0 Å². The Morgan fingerprint density at radius 2 is 1.60 bits per heavy atom. The van der Waals surface area contributed by atoms with Crippen LogP contribution in [0, 0.1) is 32.6 Å². The number of benzene rings is 1. The summed E-state index contributed by atoms with van der Waals surface area (Å²) in [7, 11) is 4.06. The Hall–Kier alpha value is -1.26. The van der Waals surface area contributed by atoms with E-state index in [0.717, 1.165) is 12.1 Å². The molecule has 0 fully saturated rings. The summed E-state index contributed by atoms with van der Waals surface area (Å²) in [5.41, 5.74) is 5.07. The average molecular weight is 201 g/mol. The zero-order valence-corrected chi connectivity index (χ0v) is 10.3. The van der Waals surface area contributed by atoms with Crippen molar-refractivity contribution in [3.8, 4) is 11.8 Å². The third kappa shape index (κ3) is 3.42. The van der Waals surface area contributed by atoms with E-state index in [4.69, 9.17) is 0 Å². The summed E-state index contributed by atoms with van der Waals surface area (Å²) in [5.74, 6) is 6.39. The molecule has 0 radical (unpaired) electrons. The van der Waals surface area contributed by atoms with E-state index in [0.29, 0.717) is 0 Å². The lowest BCUT2D eigenvalue weighted by atomic mass is 10.0. The van der Waals surface area contributed by atoms with Gasteiger partial charge in [-0.3, -0.25) is 4.90 Å². The molecule has 0 aliphatic carbocycles. The first-order valence-electron chi connectivity index (χ1n) is 5.22. The molecule has 1 nitrogen and oxygen atoms in total. The van der Waals surface area contributed by atoms with E-state index in [1.807, 2.05) is 14.1 Å². The zero-order chi connectivity index (χ0) is 11.4. The molecule has 1 aromatic rings. The third-order valence-electron chi connectivity index (χ3n) is 2.46. The van der Waals surface area contributed by atoms with Crippen LogP contribution in [-0.4, -0.2) is 25.5 Å². The Morgan fingerprint density at radius 3 is 2.20 bits per heavy atom. The predicted octanol–water partition coefficient (Wildman–Crippen LogP) is 2.52. The Labute approximate surface area is 93.1 Å². The molecule has 0 aliphatic heterocycles. The Kier molecular flexibility index (Phi) is 3.94. The van der Waals surface area contributed by atoms with Crippen LogP contribution >= 0.6 is 0 Å². The van der Waals surface area contributed by atoms with Crippen molar-refractivity contribution in [2.24, 2.45) is 0 Å². The molecular formula is C14H19N. The van der Waals surface area contributed by atoms with Gasteiger partial charge < -0.3 is 0 Å². The fourth-order valence-corrected chi connectivity index (χ4v) is 1.39. The van der Waals surface area contributed by atoms with Crippen molar-refractivity contribution in [1.29, 1.82) is 0 Å². The first-order chi connectivity index (χ1) is 7.00. The van der Waals surface area contributed by atoms with Gasteiger partial charge >= 0.3 is 0 Å². The number of rotatable bonds is 1. The molecule has 0 aliphatic rings. The molecular weight excluding hydrogens is 182 g/mol. The summed E-state index contributed by atoms with van der Waals surface area (Å²) in [6.07, 6.45) is 0. The van der Waals surface area contributed by atoms with Crippen molar-refractivity contribution in [3.05, 3.63) is 34.4 Å². The van der Waals surface area contributed by atoms with Gasteiger partial charge in [-0.25, -0.2) is 0 Å². The summed E-state index contributed by atoms with van der Waals surface area (Å²) in [6.45, 7) is 7.20. The molecule has 0 saturated carbocycles. The van der Waals surface area contributed by atoms with Gasteiger partial charge in [-0.05, 0) is 57.6 Å². The van der Waals surface area contributed by atoms with Gasteiger partial charge in [0.1, 0.15) is 0 Å². The fraction of sp³-hybridized carbons (Fsp3) is 0.429. The van der Waals surface area contributed by atoms with Gasteiger partial charge in [-0.2, -0.15) is 0 Å². The fourth-order valence-electron chi connectivity index (χ4n) is 1.39. The molecule has 0 aromatic heterocycles. The molecule has 0 atom stereocenters. The van der Waals surface area contributed by atoms with E-state index in [2.05, 4.69) is 49.6 Å². The quantitative estimate of drug-likeness (QED) is 0.631. The molecule has 0 unspecified atom stereocenters. The monoisotopic (exact) mass is 201 g/mol. The van der Waals surface area contributed by atoms with Crippen molar-refractivity contribution in [2.45, 2.75) is 20.8 Å². The van der Waals surface area contributed by atoms with Gasteiger partial charge in [0.15, 0.2) is 0 Å². The van der Waals surface area contributed by atoms with Gasteiger partial charge in [-0.1, -0.05) is 17.9 Å². The van der Waals surface area contributed by atoms with E-state index in [9.17, 15) is 0 Å². The van der Waals surface area contributed by atoms with E-state index in [1.54, 1.807) is 0 Å². The summed E-state index contributed by atoms with van der Waals surface area (Å²) in [4.78, 5) is 2.07. The van der Waals surface area contributed by atoms with Crippen molar-refractivity contribution in [2.75, 3.05) is 20.6 Å². The summed E-state index contributed by atoms with van der Waals surface area (Å²) < 4.78 is 0. The summed E-state index contributed by atoms with van der Waals surface area (Å²) >= 11 is 0. The van der Waals surface area contributed by atoms with Crippen LogP contribution < -0.4 is 0 Å². The molecule has 15 heavy (non-hydrogen) atoms. The van der Waals surface area contributed by atoms with Crippen LogP contribution in [0.3, 0.4) is 0 Å². The summed E-state index contributed by atoms with van der Waals surface area (Å²) in [6, 6.07) is 4.38. The second-order valence-corrected chi connectivity index (χ2v) is 4.29. The molecule has 1 rings (SSSR count). The molecule has 0 spiro atoms.